The molecule has 7 nitrogen and oxygen atoms in total. The maximum atomic E-state index is 12.0. The molecule has 0 rings (SSSR count). The molecule has 0 saturated carbocycles. The number of urea groups is 1. The van der Waals surface area contributed by atoms with E-state index in [2.05, 4.69) is 10.6 Å². The van der Waals surface area contributed by atoms with Crippen LogP contribution in [0.2, 0.25) is 0 Å². The number of likely N-dealkylation sites (N-methyl/N-ethyl adjacent to an activating group) is 2. The van der Waals surface area contributed by atoms with E-state index in [1.54, 1.807) is 34.6 Å². The van der Waals surface area contributed by atoms with E-state index in [1.165, 1.54) is 4.90 Å². The van der Waals surface area contributed by atoms with Gasteiger partial charge >= 0.3 is 12.0 Å². The second kappa shape index (κ2) is 7.72. The normalized spacial score (nSPS) is 12.4. The first kappa shape index (κ1) is 18.2. The molecule has 3 N–H and O–H groups in total. The van der Waals surface area contributed by atoms with E-state index in [9.17, 15) is 14.4 Å². The van der Waals surface area contributed by atoms with Gasteiger partial charge in [-0.1, -0.05) is 20.8 Å². The lowest BCUT2D eigenvalue weighted by molar-refractivity contribution is -0.142. The predicted molar refractivity (Wildman–Crippen MR) is 75.3 cm³/mol. The number of nitrogens with zero attached hydrogens (tertiary/aromatic N) is 1. The Labute approximate surface area is 119 Å². The van der Waals surface area contributed by atoms with Crippen LogP contribution in [-0.2, 0) is 9.59 Å². The first-order chi connectivity index (χ1) is 9.13. The van der Waals surface area contributed by atoms with E-state index in [1.807, 2.05) is 0 Å². The topological polar surface area (TPSA) is 98.7 Å². The molecule has 0 unspecified atom stereocenters. The van der Waals surface area contributed by atoms with E-state index in [0.29, 0.717) is 13.1 Å². The molecule has 0 aliphatic heterocycles. The van der Waals surface area contributed by atoms with Crippen molar-refractivity contribution < 1.29 is 19.5 Å². The summed E-state index contributed by atoms with van der Waals surface area (Å²) in [6.07, 6.45) is 0. The minimum Gasteiger partial charge on any atom is -0.480 e. The second-order valence-electron chi connectivity index (χ2n) is 5.55. The number of carbonyl (C=O) groups excluding carboxylic acids is 2. The number of hydrogen-bond acceptors (Lipinski definition) is 3. The summed E-state index contributed by atoms with van der Waals surface area (Å²) >= 11 is 0. The standard InChI is InChI=1S/C13H25N3O4/c1-6-14-9(17)8-16(7-2)12(20)15-10(11(18)19)13(3,4)5/h10H,6-8H2,1-5H3,(H,14,17)(H,15,20)(H,18,19)/t10-/m0/s1. The Hall–Kier alpha value is -1.79. The highest BCUT2D eigenvalue weighted by Gasteiger charge is 2.33. The van der Waals surface area contributed by atoms with E-state index in [4.69, 9.17) is 5.11 Å². The van der Waals surface area contributed by atoms with Crippen molar-refractivity contribution in [2.75, 3.05) is 19.6 Å². The molecule has 0 spiro atoms. The molecule has 0 aromatic carbocycles. The number of aliphatic carboxylic acids is 1. The van der Waals surface area contributed by atoms with Crippen LogP contribution in [0, 0.1) is 5.41 Å². The molecule has 0 radical (unpaired) electrons. The van der Waals surface area contributed by atoms with Crippen LogP contribution < -0.4 is 10.6 Å². The van der Waals surface area contributed by atoms with Crippen molar-refractivity contribution in [3.63, 3.8) is 0 Å². The zero-order valence-corrected chi connectivity index (χ0v) is 12.8. The van der Waals surface area contributed by atoms with Gasteiger partial charge in [-0.15, -0.1) is 0 Å². The van der Waals surface area contributed by atoms with Gasteiger partial charge in [-0.3, -0.25) is 4.79 Å². The van der Waals surface area contributed by atoms with Gasteiger partial charge in [0.05, 0.1) is 0 Å². The predicted octanol–water partition coefficient (Wildman–Crippen LogP) is 0.653. The summed E-state index contributed by atoms with van der Waals surface area (Å²) in [6, 6.07) is -1.57. The summed E-state index contributed by atoms with van der Waals surface area (Å²) in [5.41, 5.74) is -0.618. The number of carbonyl (C=O) groups is 3. The highest BCUT2D eigenvalue weighted by atomic mass is 16.4. The van der Waals surface area contributed by atoms with Crippen molar-refractivity contribution in [2.45, 2.75) is 40.7 Å². The van der Waals surface area contributed by atoms with Gasteiger partial charge < -0.3 is 20.6 Å². The van der Waals surface area contributed by atoms with E-state index in [-0.39, 0.29) is 12.5 Å². The van der Waals surface area contributed by atoms with Gasteiger partial charge in [0.15, 0.2) is 0 Å². The molecule has 1 atom stereocenters. The summed E-state index contributed by atoms with van der Waals surface area (Å²) in [6.45, 7) is 9.41. The van der Waals surface area contributed by atoms with Crippen LogP contribution in [0.25, 0.3) is 0 Å². The Kier molecular flexibility index (Phi) is 7.02. The Morgan fingerprint density at radius 1 is 1.20 bits per heavy atom. The fraction of sp³-hybridized carbons (Fsp3) is 0.769. The van der Waals surface area contributed by atoms with E-state index >= 15 is 0 Å². The van der Waals surface area contributed by atoms with Gasteiger partial charge in [-0.25, -0.2) is 9.59 Å². The average molecular weight is 287 g/mol. The Balaban J connectivity index is 4.76. The van der Waals surface area contributed by atoms with Crippen LogP contribution in [0.15, 0.2) is 0 Å². The summed E-state index contributed by atoms with van der Waals surface area (Å²) in [5.74, 6) is -1.37. The molecule has 116 valence electrons. The minimum absolute atomic E-state index is 0.0906. The zero-order valence-electron chi connectivity index (χ0n) is 12.8. The van der Waals surface area contributed by atoms with Crippen molar-refractivity contribution in [3.8, 4) is 0 Å². The zero-order chi connectivity index (χ0) is 15.9. The fourth-order valence-corrected chi connectivity index (χ4v) is 1.62. The van der Waals surface area contributed by atoms with E-state index < -0.39 is 23.5 Å². The fourth-order valence-electron chi connectivity index (χ4n) is 1.62. The number of hydrogen-bond donors (Lipinski definition) is 3. The Morgan fingerprint density at radius 3 is 2.10 bits per heavy atom. The van der Waals surface area contributed by atoms with Gasteiger partial charge in [0, 0.05) is 13.1 Å². The first-order valence-corrected chi connectivity index (χ1v) is 6.68. The number of carboxylic acids is 1. The van der Waals surface area contributed by atoms with Crippen molar-refractivity contribution in [1.82, 2.24) is 15.5 Å². The van der Waals surface area contributed by atoms with Crippen molar-refractivity contribution in [1.29, 1.82) is 0 Å². The van der Waals surface area contributed by atoms with Crippen LogP contribution in [0.4, 0.5) is 4.79 Å². The quantitative estimate of drug-likeness (QED) is 0.668. The van der Waals surface area contributed by atoms with Crippen molar-refractivity contribution in [3.05, 3.63) is 0 Å². The molecule has 0 aromatic heterocycles. The van der Waals surface area contributed by atoms with Gasteiger partial charge in [0.25, 0.3) is 0 Å². The molecule has 0 heterocycles. The van der Waals surface area contributed by atoms with Gasteiger partial charge in [0.1, 0.15) is 12.6 Å². The Morgan fingerprint density at radius 2 is 1.75 bits per heavy atom. The summed E-state index contributed by atoms with van der Waals surface area (Å²) in [7, 11) is 0. The number of rotatable bonds is 6. The smallest absolute Gasteiger partial charge is 0.326 e. The molecule has 7 heteroatoms. The highest BCUT2D eigenvalue weighted by molar-refractivity contribution is 5.87. The summed E-state index contributed by atoms with van der Waals surface area (Å²) < 4.78 is 0. The maximum Gasteiger partial charge on any atom is 0.326 e. The lowest BCUT2D eigenvalue weighted by atomic mass is 9.87. The second-order valence-corrected chi connectivity index (χ2v) is 5.55. The van der Waals surface area contributed by atoms with Crippen molar-refractivity contribution >= 4 is 17.9 Å². The maximum absolute atomic E-state index is 12.0. The van der Waals surface area contributed by atoms with E-state index in [0.717, 1.165) is 0 Å². The van der Waals surface area contributed by atoms with Gasteiger partial charge in [0.2, 0.25) is 5.91 Å². The average Bonchev–Trinajstić information content (AvgIpc) is 2.31. The molecule has 3 amide bonds. The highest BCUT2D eigenvalue weighted by Crippen LogP contribution is 2.19. The van der Waals surface area contributed by atoms with Crippen LogP contribution in [-0.4, -0.2) is 53.6 Å². The number of carboxylic acid groups (broad SMARTS) is 1. The third-order valence-electron chi connectivity index (χ3n) is 2.76. The molecule has 0 aliphatic rings. The summed E-state index contributed by atoms with van der Waals surface area (Å²) in [4.78, 5) is 36.0. The molecule has 20 heavy (non-hydrogen) atoms. The minimum atomic E-state index is -1.10. The molecule has 0 bridgehead atoms. The monoisotopic (exact) mass is 287 g/mol. The molecule has 0 fully saturated rings. The molecule has 0 saturated heterocycles. The van der Waals surface area contributed by atoms with Crippen molar-refractivity contribution in [2.24, 2.45) is 5.41 Å². The third kappa shape index (κ3) is 5.90. The molecule has 0 aliphatic carbocycles. The van der Waals surface area contributed by atoms with Gasteiger partial charge in [-0.2, -0.15) is 0 Å². The molecule has 0 aromatic rings. The molecular formula is C13H25N3O4. The summed E-state index contributed by atoms with van der Waals surface area (Å²) in [5, 5.41) is 14.2. The lowest BCUT2D eigenvalue weighted by Crippen LogP contribution is -2.54. The SMILES string of the molecule is CCNC(=O)CN(CC)C(=O)N[C@@H](C(=O)O)C(C)(C)C. The van der Waals surface area contributed by atoms with Crippen LogP contribution in [0.3, 0.4) is 0 Å². The Bertz CT molecular complexity index is 363. The largest absolute Gasteiger partial charge is 0.480 e. The first-order valence-electron chi connectivity index (χ1n) is 6.68. The van der Waals surface area contributed by atoms with Crippen LogP contribution in [0.1, 0.15) is 34.6 Å². The third-order valence-corrected chi connectivity index (χ3v) is 2.76. The lowest BCUT2D eigenvalue weighted by Gasteiger charge is -2.30. The van der Waals surface area contributed by atoms with Crippen LogP contribution >= 0.6 is 0 Å². The van der Waals surface area contributed by atoms with Crippen LogP contribution in [0.5, 0.6) is 0 Å². The number of amides is 3. The molecular weight excluding hydrogens is 262 g/mol. The van der Waals surface area contributed by atoms with Gasteiger partial charge in [-0.05, 0) is 19.3 Å². The number of nitrogens with one attached hydrogen (secondary N) is 2.